The van der Waals surface area contributed by atoms with Crippen LogP contribution in [0.5, 0.6) is 0 Å². The third-order valence-corrected chi connectivity index (χ3v) is 4.36. The van der Waals surface area contributed by atoms with Crippen molar-refractivity contribution in [3.8, 4) is 0 Å². The molecule has 1 N–H and O–H groups in total. The van der Waals surface area contributed by atoms with Gasteiger partial charge in [0.05, 0.1) is 6.42 Å². The number of nitrogens with one attached hydrogen (secondary N) is 1. The summed E-state index contributed by atoms with van der Waals surface area (Å²) in [6.45, 7) is 10.1. The normalized spacial score (nSPS) is 16.5. The standard InChI is InChI=1S/C20H30N2O3/c1-15-7-5-6-8-17(15)19(24)21-16-9-12-22(13-10-16)14-11-18(23)25-20(2,3)4/h5-8,16H,9-14H2,1-4H3,(H,21,24). The third-order valence-electron chi connectivity index (χ3n) is 4.36. The van der Waals surface area contributed by atoms with Crippen LogP contribution < -0.4 is 5.32 Å². The lowest BCUT2D eigenvalue weighted by Gasteiger charge is -2.32. The van der Waals surface area contributed by atoms with Gasteiger partial charge in [-0.15, -0.1) is 0 Å². The molecule has 0 spiro atoms. The number of carbonyl (C=O) groups excluding carboxylic acids is 2. The maximum absolute atomic E-state index is 12.4. The lowest BCUT2D eigenvalue weighted by atomic mass is 10.0. The second kappa shape index (κ2) is 8.48. The Balaban J connectivity index is 1.72. The van der Waals surface area contributed by atoms with E-state index in [1.165, 1.54) is 0 Å². The fraction of sp³-hybridized carbons (Fsp3) is 0.600. The molecule has 0 radical (unpaired) electrons. The van der Waals surface area contributed by atoms with E-state index < -0.39 is 5.60 Å². The molecule has 0 atom stereocenters. The van der Waals surface area contributed by atoms with Gasteiger partial charge in [0.15, 0.2) is 0 Å². The van der Waals surface area contributed by atoms with E-state index in [2.05, 4.69) is 10.2 Å². The molecule has 1 aliphatic heterocycles. The van der Waals surface area contributed by atoms with Gasteiger partial charge in [-0.25, -0.2) is 0 Å². The molecular weight excluding hydrogens is 316 g/mol. The van der Waals surface area contributed by atoms with E-state index in [1.54, 1.807) is 0 Å². The first-order valence-electron chi connectivity index (χ1n) is 9.05. The van der Waals surface area contributed by atoms with E-state index in [-0.39, 0.29) is 17.9 Å². The number of hydrogen-bond donors (Lipinski definition) is 1. The second-order valence-electron chi connectivity index (χ2n) is 7.74. The molecule has 1 aromatic rings. The first-order chi connectivity index (χ1) is 11.7. The molecular formula is C20H30N2O3. The predicted octanol–water partition coefficient (Wildman–Crippen LogP) is 2.92. The number of rotatable bonds is 5. The number of aryl methyl sites for hydroxylation is 1. The molecule has 0 aromatic heterocycles. The molecule has 1 fully saturated rings. The van der Waals surface area contributed by atoms with Crippen LogP contribution in [0.1, 0.15) is 56.0 Å². The fourth-order valence-corrected chi connectivity index (χ4v) is 3.03. The first kappa shape index (κ1) is 19.4. The number of benzene rings is 1. The van der Waals surface area contributed by atoms with Crippen molar-refractivity contribution in [2.75, 3.05) is 19.6 Å². The predicted molar refractivity (Wildman–Crippen MR) is 98.6 cm³/mol. The molecule has 1 amide bonds. The SMILES string of the molecule is Cc1ccccc1C(=O)NC1CCN(CCC(=O)OC(C)(C)C)CC1. The molecule has 25 heavy (non-hydrogen) atoms. The van der Waals surface area contributed by atoms with E-state index in [0.29, 0.717) is 13.0 Å². The number of nitrogens with zero attached hydrogens (tertiary/aromatic N) is 1. The number of carbonyl (C=O) groups is 2. The van der Waals surface area contributed by atoms with Crippen molar-refractivity contribution in [3.63, 3.8) is 0 Å². The zero-order chi connectivity index (χ0) is 18.4. The number of hydrogen-bond acceptors (Lipinski definition) is 4. The van der Waals surface area contributed by atoms with Crippen LogP contribution in [0.4, 0.5) is 0 Å². The van der Waals surface area contributed by atoms with Gasteiger partial charge in [-0.2, -0.15) is 0 Å². The Kier molecular flexibility index (Phi) is 6.59. The minimum atomic E-state index is -0.427. The molecule has 1 aromatic carbocycles. The molecule has 0 saturated carbocycles. The summed E-state index contributed by atoms with van der Waals surface area (Å²) in [6, 6.07) is 7.84. The molecule has 1 aliphatic rings. The van der Waals surface area contributed by atoms with Gasteiger partial charge >= 0.3 is 5.97 Å². The summed E-state index contributed by atoms with van der Waals surface area (Å²) >= 11 is 0. The average molecular weight is 346 g/mol. The summed E-state index contributed by atoms with van der Waals surface area (Å²) in [5.41, 5.74) is 1.31. The monoisotopic (exact) mass is 346 g/mol. The topological polar surface area (TPSA) is 58.6 Å². The number of amides is 1. The van der Waals surface area contributed by atoms with Crippen molar-refractivity contribution in [1.29, 1.82) is 0 Å². The van der Waals surface area contributed by atoms with Crippen molar-refractivity contribution in [1.82, 2.24) is 10.2 Å². The smallest absolute Gasteiger partial charge is 0.307 e. The van der Waals surface area contributed by atoms with Crippen molar-refractivity contribution >= 4 is 11.9 Å². The minimum absolute atomic E-state index is 0.00491. The Bertz CT molecular complexity index is 599. The van der Waals surface area contributed by atoms with Crippen molar-refractivity contribution in [2.24, 2.45) is 0 Å². The highest BCUT2D eigenvalue weighted by atomic mass is 16.6. The van der Waals surface area contributed by atoms with Crippen LogP contribution in [0.2, 0.25) is 0 Å². The maximum Gasteiger partial charge on any atom is 0.307 e. The third kappa shape index (κ3) is 6.50. The molecule has 0 unspecified atom stereocenters. The molecule has 138 valence electrons. The summed E-state index contributed by atoms with van der Waals surface area (Å²) < 4.78 is 5.34. The molecule has 5 heteroatoms. The van der Waals surface area contributed by atoms with Gasteiger partial charge in [0, 0.05) is 31.2 Å². The number of ether oxygens (including phenoxy) is 1. The Hall–Kier alpha value is -1.88. The molecule has 0 bridgehead atoms. The number of likely N-dealkylation sites (tertiary alicyclic amines) is 1. The van der Waals surface area contributed by atoms with Crippen LogP contribution in [0.15, 0.2) is 24.3 Å². The Morgan fingerprint density at radius 3 is 2.44 bits per heavy atom. The number of piperidine rings is 1. The van der Waals surface area contributed by atoms with Gasteiger partial charge in [0.1, 0.15) is 5.60 Å². The van der Waals surface area contributed by atoms with E-state index >= 15 is 0 Å². The fourth-order valence-electron chi connectivity index (χ4n) is 3.03. The summed E-state index contributed by atoms with van der Waals surface area (Å²) in [6.07, 6.45) is 2.23. The zero-order valence-corrected chi connectivity index (χ0v) is 15.8. The average Bonchev–Trinajstić information content (AvgIpc) is 2.53. The molecule has 2 rings (SSSR count). The second-order valence-corrected chi connectivity index (χ2v) is 7.74. The lowest BCUT2D eigenvalue weighted by molar-refractivity contribution is -0.155. The van der Waals surface area contributed by atoms with Crippen LogP contribution in [-0.2, 0) is 9.53 Å². The van der Waals surface area contributed by atoms with E-state index in [9.17, 15) is 9.59 Å². The van der Waals surface area contributed by atoms with E-state index in [1.807, 2.05) is 52.0 Å². The van der Waals surface area contributed by atoms with Gasteiger partial charge < -0.3 is 15.0 Å². The summed E-state index contributed by atoms with van der Waals surface area (Å²) in [7, 11) is 0. The van der Waals surface area contributed by atoms with Crippen molar-refractivity contribution in [2.45, 2.75) is 58.6 Å². The summed E-state index contributed by atoms with van der Waals surface area (Å²) in [5.74, 6) is -0.146. The van der Waals surface area contributed by atoms with E-state index in [0.717, 1.165) is 37.1 Å². The number of esters is 1. The van der Waals surface area contributed by atoms with Crippen LogP contribution in [-0.4, -0.2) is 48.1 Å². The van der Waals surface area contributed by atoms with Crippen LogP contribution in [0, 0.1) is 6.92 Å². The van der Waals surface area contributed by atoms with Gasteiger partial charge in [0.2, 0.25) is 0 Å². The van der Waals surface area contributed by atoms with Gasteiger partial charge in [-0.3, -0.25) is 9.59 Å². The Labute approximate surface area is 150 Å². The molecule has 5 nitrogen and oxygen atoms in total. The highest BCUT2D eigenvalue weighted by Gasteiger charge is 2.23. The lowest BCUT2D eigenvalue weighted by Crippen LogP contribution is -2.45. The summed E-state index contributed by atoms with van der Waals surface area (Å²) in [4.78, 5) is 26.4. The highest BCUT2D eigenvalue weighted by molar-refractivity contribution is 5.95. The largest absolute Gasteiger partial charge is 0.460 e. The van der Waals surface area contributed by atoms with Crippen LogP contribution in [0.25, 0.3) is 0 Å². The van der Waals surface area contributed by atoms with Crippen molar-refractivity contribution < 1.29 is 14.3 Å². The molecule has 1 saturated heterocycles. The molecule has 0 aliphatic carbocycles. The zero-order valence-electron chi connectivity index (χ0n) is 15.8. The molecule has 1 heterocycles. The minimum Gasteiger partial charge on any atom is -0.460 e. The quantitative estimate of drug-likeness (QED) is 0.833. The Morgan fingerprint density at radius 1 is 1.20 bits per heavy atom. The van der Waals surface area contributed by atoms with E-state index in [4.69, 9.17) is 4.74 Å². The van der Waals surface area contributed by atoms with Gasteiger partial charge in [-0.05, 0) is 52.2 Å². The Morgan fingerprint density at radius 2 is 1.84 bits per heavy atom. The van der Waals surface area contributed by atoms with Crippen molar-refractivity contribution in [3.05, 3.63) is 35.4 Å². The van der Waals surface area contributed by atoms with Gasteiger partial charge in [0.25, 0.3) is 5.91 Å². The van der Waals surface area contributed by atoms with Crippen LogP contribution in [0.3, 0.4) is 0 Å². The maximum atomic E-state index is 12.4. The summed E-state index contributed by atoms with van der Waals surface area (Å²) in [5, 5.41) is 3.14. The first-order valence-corrected chi connectivity index (χ1v) is 9.05. The van der Waals surface area contributed by atoms with Crippen LogP contribution >= 0.6 is 0 Å². The highest BCUT2D eigenvalue weighted by Crippen LogP contribution is 2.14. The van der Waals surface area contributed by atoms with Gasteiger partial charge in [-0.1, -0.05) is 18.2 Å².